The van der Waals surface area contributed by atoms with Crippen molar-refractivity contribution < 1.29 is 9.18 Å². The highest BCUT2D eigenvalue weighted by molar-refractivity contribution is 6.30. The Hall–Kier alpha value is -2.01. The number of hydrogen-bond donors (Lipinski definition) is 1. The van der Waals surface area contributed by atoms with Crippen molar-refractivity contribution in [2.45, 2.75) is 13.1 Å². The van der Waals surface area contributed by atoms with Gasteiger partial charge in [0.1, 0.15) is 5.82 Å². The number of urea groups is 1. The second-order valence-corrected chi connectivity index (χ2v) is 5.36. The normalized spacial score (nSPS) is 10.5. The van der Waals surface area contributed by atoms with E-state index in [-0.39, 0.29) is 11.1 Å². The Morgan fingerprint density at radius 2 is 2.14 bits per heavy atom. The molecule has 4 nitrogen and oxygen atoms in total. The average molecular weight is 310 g/mol. The van der Waals surface area contributed by atoms with Crippen LogP contribution in [0.25, 0.3) is 0 Å². The molecule has 1 heterocycles. The third-order valence-corrected chi connectivity index (χ3v) is 3.39. The third-order valence-electron chi connectivity index (χ3n) is 3.09. The van der Waals surface area contributed by atoms with Crippen molar-refractivity contribution in [2.24, 2.45) is 7.05 Å². The molecule has 112 valence electrons. The van der Waals surface area contributed by atoms with E-state index < -0.39 is 5.82 Å². The molecule has 0 spiro atoms. The maximum absolute atomic E-state index is 13.3. The van der Waals surface area contributed by atoms with Crippen molar-refractivity contribution in [3.63, 3.8) is 0 Å². The summed E-state index contributed by atoms with van der Waals surface area (Å²) in [5.74, 6) is -0.479. The van der Waals surface area contributed by atoms with Crippen LogP contribution in [0.4, 0.5) is 9.18 Å². The Morgan fingerprint density at radius 3 is 2.76 bits per heavy atom. The van der Waals surface area contributed by atoms with Crippen molar-refractivity contribution in [1.82, 2.24) is 14.8 Å². The first-order valence-electron chi connectivity index (χ1n) is 6.49. The third kappa shape index (κ3) is 4.23. The topological polar surface area (TPSA) is 37.3 Å². The summed E-state index contributed by atoms with van der Waals surface area (Å²) in [4.78, 5) is 13.5. The zero-order chi connectivity index (χ0) is 15.4. The van der Waals surface area contributed by atoms with E-state index in [4.69, 9.17) is 11.6 Å². The molecule has 0 saturated carbocycles. The summed E-state index contributed by atoms with van der Waals surface area (Å²) in [6, 6.07) is 6.25. The average Bonchev–Trinajstić information content (AvgIpc) is 2.86. The molecule has 2 aromatic rings. The predicted molar refractivity (Wildman–Crippen MR) is 80.5 cm³/mol. The smallest absolute Gasteiger partial charge is 0.317 e. The summed E-state index contributed by atoms with van der Waals surface area (Å²) in [7, 11) is 3.58. The Bertz CT molecular complexity index is 642. The number of carbonyl (C=O) groups excluding carboxylic acids is 1. The van der Waals surface area contributed by atoms with Gasteiger partial charge in [0.05, 0.1) is 5.02 Å². The monoisotopic (exact) mass is 309 g/mol. The highest BCUT2D eigenvalue weighted by Crippen LogP contribution is 2.16. The summed E-state index contributed by atoms with van der Waals surface area (Å²) >= 11 is 5.63. The van der Waals surface area contributed by atoms with Crippen LogP contribution >= 0.6 is 11.6 Å². The van der Waals surface area contributed by atoms with Crippen LogP contribution in [0.1, 0.15) is 11.1 Å². The summed E-state index contributed by atoms with van der Waals surface area (Å²) in [6.45, 7) is 0.772. The highest BCUT2D eigenvalue weighted by Gasteiger charge is 2.10. The number of halogens is 2. The molecule has 1 N–H and O–H groups in total. The molecule has 0 fully saturated rings. The Morgan fingerprint density at radius 1 is 1.38 bits per heavy atom. The van der Waals surface area contributed by atoms with Crippen LogP contribution in [0.2, 0.25) is 5.02 Å². The van der Waals surface area contributed by atoms with Crippen LogP contribution in [0.5, 0.6) is 0 Å². The van der Waals surface area contributed by atoms with E-state index in [0.717, 1.165) is 5.56 Å². The molecule has 2 amide bonds. The van der Waals surface area contributed by atoms with Crippen LogP contribution in [0.15, 0.2) is 36.7 Å². The van der Waals surface area contributed by atoms with Crippen LogP contribution in [0.3, 0.4) is 0 Å². The lowest BCUT2D eigenvalue weighted by atomic mass is 10.2. The van der Waals surface area contributed by atoms with E-state index in [9.17, 15) is 9.18 Å². The molecular formula is C15H17ClFN3O. The maximum Gasteiger partial charge on any atom is 0.317 e. The number of nitrogens with zero attached hydrogens (tertiary/aromatic N) is 2. The van der Waals surface area contributed by atoms with Gasteiger partial charge < -0.3 is 14.8 Å². The molecule has 2 rings (SSSR count). The van der Waals surface area contributed by atoms with Crippen LogP contribution in [0, 0.1) is 5.82 Å². The summed E-state index contributed by atoms with van der Waals surface area (Å²) in [5, 5.41) is 2.89. The van der Waals surface area contributed by atoms with Crippen LogP contribution in [-0.2, 0) is 20.1 Å². The quantitative estimate of drug-likeness (QED) is 0.925. The number of benzene rings is 1. The van der Waals surface area contributed by atoms with Gasteiger partial charge in [0.15, 0.2) is 0 Å². The number of aryl methyl sites for hydroxylation is 1. The van der Waals surface area contributed by atoms with E-state index in [0.29, 0.717) is 18.7 Å². The largest absolute Gasteiger partial charge is 0.357 e. The number of hydrogen-bond acceptors (Lipinski definition) is 1. The molecule has 6 heteroatoms. The van der Waals surface area contributed by atoms with Crippen molar-refractivity contribution >= 4 is 17.6 Å². The number of aromatic nitrogens is 1. The number of carbonyl (C=O) groups is 1. The fraction of sp³-hybridized carbons (Fsp3) is 0.267. The zero-order valence-corrected chi connectivity index (χ0v) is 12.7. The lowest BCUT2D eigenvalue weighted by Crippen LogP contribution is -2.36. The van der Waals surface area contributed by atoms with Crippen molar-refractivity contribution in [3.05, 3.63) is 58.6 Å². The molecule has 0 atom stereocenters. The molecule has 21 heavy (non-hydrogen) atoms. The number of nitrogens with one attached hydrogen (secondary N) is 1. The van der Waals surface area contributed by atoms with Gasteiger partial charge in [0.25, 0.3) is 0 Å². The Labute approximate surface area is 128 Å². The molecule has 0 saturated heterocycles. The molecular weight excluding hydrogens is 293 g/mol. The van der Waals surface area contributed by atoms with E-state index in [1.54, 1.807) is 13.1 Å². The Balaban J connectivity index is 1.88. The minimum Gasteiger partial charge on any atom is -0.357 e. The first-order chi connectivity index (χ1) is 9.95. The molecule has 0 unspecified atom stereocenters. The van der Waals surface area contributed by atoms with E-state index >= 15 is 0 Å². The standard InChI is InChI=1S/C15H17ClFN3O/c1-19-6-5-12(9-19)8-18-15(21)20(2)10-11-3-4-13(16)14(17)7-11/h3-7,9H,8,10H2,1-2H3,(H,18,21). The van der Waals surface area contributed by atoms with Crippen LogP contribution < -0.4 is 5.32 Å². The SMILES string of the molecule is CN(Cc1ccc(Cl)c(F)c1)C(=O)NCc1ccn(C)c1. The Kier molecular flexibility index (Phi) is 4.85. The zero-order valence-electron chi connectivity index (χ0n) is 11.9. The lowest BCUT2D eigenvalue weighted by molar-refractivity contribution is 0.206. The van der Waals surface area contributed by atoms with Gasteiger partial charge in [0.2, 0.25) is 0 Å². The fourth-order valence-electron chi connectivity index (χ4n) is 1.96. The second kappa shape index (κ2) is 6.63. The van der Waals surface area contributed by atoms with Gasteiger partial charge in [-0.3, -0.25) is 0 Å². The predicted octanol–water partition coefficient (Wildman–Crippen LogP) is 3.16. The van der Waals surface area contributed by atoms with Gasteiger partial charge in [-0.2, -0.15) is 0 Å². The van der Waals surface area contributed by atoms with E-state index in [1.807, 2.05) is 30.1 Å². The second-order valence-electron chi connectivity index (χ2n) is 4.95. The van der Waals surface area contributed by atoms with Gasteiger partial charge in [-0.05, 0) is 29.3 Å². The van der Waals surface area contributed by atoms with E-state index in [2.05, 4.69) is 5.32 Å². The van der Waals surface area contributed by atoms with Crippen molar-refractivity contribution in [2.75, 3.05) is 7.05 Å². The lowest BCUT2D eigenvalue weighted by Gasteiger charge is -2.18. The maximum atomic E-state index is 13.3. The molecule has 0 aliphatic heterocycles. The molecule has 0 bridgehead atoms. The van der Waals surface area contributed by atoms with Gasteiger partial charge >= 0.3 is 6.03 Å². The number of amides is 2. The minimum atomic E-state index is -0.479. The van der Waals surface area contributed by atoms with Crippen molar-refractivity contribution in [3.8, 4) is 0 Å². The molecule has 0 aliphatic carbocycles. The fourth-order valence-corrected chi connectivity index (χ4v) is 2.08. The molecule has 1 aromatic carbocycles. The van der Waals surface area contributed by atoms with Gasteiger partial charge in [-0.15, -0.1) is 0 Å². The van der Waals surface area contributed by atoms with Gasteiger partial charge in [-0.25, -0.2) is 9.18 Å². The summed E-state index contributed by atoms with van der Waals surface area (Å²) in [5.41, 5.74) is 1.71. The first-order valence-corrected chi connectivity index (χ1v) is 6.87. The molecule has 0 radical (unpaired) electrons. The van der Waals surface area contributed by atoms with Gasteiger partial charge in [-0.1, -0.05) is 17.7 Å². The van der Waals surface area contributed by atoms with Crippen molar-refractivity contribution in [1.29, 1.82) is 0 Å². The minimum absolute atomic E-state index is 0.0786. The number of rotatable bonds is 4. The summed E-state index contributed by atoms with van der Waals surface area (Å²) < 4.78 is 15.3. The van der Waals surface area contributed by atoms with Gasteiger partial charge in [0, 0.05) is 39.6 Å². The first kappa shape index (κ1) is 15.4. The highest BCUT2D eigenvalue weighted by atomic mass is 35.5. The molecule has 0 aliphatic rings. The summed E-state index contributed by atoms with van der Waals surface area (Å²) in [6.07, 6.45) is 3.86. The molecule has 1 aromatic heterocycles. The van der Waals surface area contributed by atoms with E-state index in [1.165, 1.54) is 17.0 Å². The van der Waals surface area contributed by atoms with Crippen LogP contribution in [-0.4, -0.2) is 22.5 Å².